The number of carbonyl (C=O) groups excluding carboxylic acids is 1. The Morgan fingerprint density at radius 3 is 2.57 bits per heavy atom. The smallest absolute Gasteiger partial charge is 0.261 e. The van der Waals surface area contributed by atoms with Gasteiger partial charge in [0.25, 0.3) is 11.5 Å². The maximum absolute atomic E-state index is 12.4. The Hall–Kier alpha value is -2.40. The van der Waals surface area contributed by atoms with Crippen molar-refractivity contribution in [1.82, 2.24) is 9.88 Å². The highest BCUT2D eigenvalue weighted by molar-refractivity contribution is 5.94. The lowest BCUT2D eigenvalue weighted by atomic mass is 10.1. The van der Waals surface area contributed by atoms with Crippen LogP contribution in [-0.4, -0.2) is 40.6 Å². The third-order valence-corrected chi connectivity index (χ3v) is 4.20. The molecule has 23 heavy (non-hydrogen) atoms. The number of nitrogens with zero attached hydrogens (tertiary/aromatic N) is 1. The van der Waals surface area contributed by atoms with Crippen molar-refractivity contribution in [1.29, 1.82) is 0 Å². The summed E-state index contributed by atoms with van der Waals surface area (Å²) in [6, 6.07) is 12.7. The second-order valence-corrected chi connectivity index (χ2v) is 6.07. The Morgan fingerprint density at radius 2 is 1.96 bits per heavy atom. The normalized spacial score (nSPS) is 15.2. The fourth-order valence-corrected chi connectivity index (χ4v) is 2.63. The number of aliphatic hydroxyl groups excluding tert-OH is 1. The minimum absolute atomic E-state index is 0.0928. The molecular weight excluding hydrogens is 292 g/mol. The third-order valence-electron chi connectivity index (χ3n) is 4.20. The summed E-state index contributed by atoms with van der Waals surface area (Å²) < 4.78 is 0. The molecule has 5 nitrogen and oxygen atoms in total. The molecule has 0 aliphatic heterocycles. The van der Waals surface area contributed by atoms with Gasteiger partial charge in [0.2, 0.25) is 0 Å². The number of nitrogens with one attached hydrogen (secondary N) is 1. The van der Waals surface area contributed by atoms with E-state index in [2.05, 4.69) is 4.98 Å². The summed E-state index contributed by atoms with van der Waals surface area (Å²) in [5.74, 6) is -0.0745. The van der Waals surface area contributed by atoms with Crippen molar-refractivity contribution in [3.63, 3.8) is 0 Å². The van der Waals surface area contributed by atoms with E-state index in [0.29, 0.717) is 11.6 Å². The number of pyridine rings is 1. The lowest BCUT2D eigenvalue weighted by Gasteiger charge is -2.20. The minimum atomic E-state index is -0.508. The number of aromatic amines is 1. The van der Waals surface area contributed by atoms with Crippen LogP contribution in [0, 0.1) is 5.92 Å². The number of hydrogen-bond acceptors (Lipinski definition) is 3. The quantitative estimate of drug-likeness (QED) is 0.885. The van der Waals surface area contributed by atoms with Gasteiger partial charge in [0.1, 0.15) is 5.56 Å². The van der Waals surface area contributed by atoms with Gasteiger partial charge in [-0.2, -0.15) is 0 Å². The summed E-state index contributed by atoms with van der Waals surface area (Å²) in [4.78, 5) is 28.8. The number of likely N-dealkylation sites (N-methyl/N-ethyl adjacent to an activating group) is 1. The molecule has 1 heterocycles. The molecule has 1 fully saturated rings. The predicted octanol–water partition coefficient (Wildman–Crippen LogP) is 1.88. The maximum atomic E-state index is 12.4. The molecule has 1 atom stereocenters. The Labute approximate surface area is 134 Å². The Bertz CT molecular complexity index is 750. The van der Waals surface area contributed by atoms with Crippen molar-refractivity contribution in [2.45, 2.75) is 18.9 Å². The third kappa shape index (κ3) is 3.51. The van der Waals surface area contributed by atoms with Crippen molar-refractivity contribution in [3.8, 4) is 11.3 Å². The zero-order chi connectivity index (χ0) is 16.4. The first-order valence-electron chi connectivity index (χ1n) is 7.78. The van der Waals surface area contributed by atoms with Crippen LogP contribution >= 0.6 is 0 Å². The van der Waals surface area contributed by atoms with Crippen LogP contribution in [0.3, 0.4) is 0 Å². The van der Waals surface area contributed by atoms with Gasteiger partial charge in [0.05, 0.1) is 6.10 Å². The van der Waals surface area contributed by atoms with Crippen LogP contribution in [0.5, 0.6) is 0 Å². The van der Waals surface area contributed by atoms with Gasteiger partial charge in [-0.1, -0.05) is 30.3 Å². The highest BCUT2D eigenvalue weighted by Gasteiger charge is 2.31. The molecule has 1 aromatic heterocycles. The SMILES string of the molecule is CN(CC(O)C1CC1)C(=O)c1ccc(-c2ccccc2)[nH]c1=O. The molecule has 1 amide bonds. The first-order valence-corrected chi connectivity index (χ1v) is 7.78. The summed E-state index contributed by atoms with van der Waals surface area (Å²) >= 11 is 0. The minimum Gasteiger partial charge on any atom is -0.391 e. The standard InChI is InChI=1S/C18H20N2O3/c1-20(11-16(21)13-7-8-13)18(23)14-9-10-15(19-17(14)22)12-5-3-2-4-6-12/h2-6,9-10,13,16,21H,7-8,11H2,1H3,(H,19,22). The van der Waals surface area contributed by atoms with Gasteiger partial charge in [-0.15, -0.1) is 0 Å². The number of rotatable bonds is 5. The molecule has 1 saturated carbocycles. The Balaban J connectivity index is 1.77. The molecule has 0 radical (unpaired) electrons. The predicted molar refractivity (Wildman–Crippen MR) is 88.2 cm³/mol. The topological polar surface area (TPSA) is 73.4 Å². The molecule has 0 bridgehead atoms. The van der Waals surface area contributed by atoms with Crippen LogP contribution < -0.4 is 5.56 Å². The maximum Gasteiger partial charge on any atom is 0.261 e. The van der Waals surface area contributed by atoms with E-state index < -0.39 is 11.7 Å². The van der Waals surface area contributed by atoms with Crippen molar-refractivity contribution >= 4 is 5.91 Å². The summed E-state index contributed by atoms with van der Waals surface area (Å²) in [6.07, 6.45) is 1.51. The van der Waals surface area contributed by atoms with E-state index in [1.54, 1.807) is 19.2 Å². The molecule has 5 heteroatoms. The zero-order valence-electron chi connectivity index (χ0n) is 13.0. The molecule has 2 N–H and O–H groups in total. The van der Waals surface area contributed by atoms with Crippen molar-refractivity contribution in [2.75, 3.05) is 13.6 Å². The summed E-state index contributed by atoms with van der Waals surface area (Å²) in [7, 11) is 1.61. The molecule has 0 spiro atoms. The molecule has 1 aromatic carbocycles. The van der Waals surface area contributed by atoms with Gasteiger partial charge in [0, 0.05) is 19.3 Å². The van der Waals surface area contributed by atoms with Gasteiger partial charge >= 0.3 is 0 Å². The van der Waals surface area contributed by atoms with Gasteiger partial charge < -0.3 is 15.0 Å². The number of H-pyrrole nitrogens is 1. The van der Waals surface area contributed by atoms with E-state index in [1.165, 1.54) is 4.90 Å². The fraction of sp³-hybridized carbons (Fsp3) is 0.333. The van der Waals surface area contributed by atoms with Crippen LogP contribution in [0.1, 0.15) is 23.2 Å². The van der Waals surface area contributed by atoms with E-state index in [1.807, 2.05) is 30.3 Å². The Kier molecular flexibility index (Phi) is 4.30. The van der Waals surface area contributed by atoms with Crippen LogP contribution in [-0.2, 0) is 0 Å². The highest BCUT2D eigenvalue weighted by atomic mass is 16.3. The number of aromatic nitrogens is 1. The number of carbonyl (C=O) groups is 1. The van der Waals surface area contributed by atoms with Crippen molar-refractivity contribution in [3.05, 3.63) is 58.4 Å². The molecule has 0 saturated heterocycles. The van der Waals surface area contributed by atoms with E-state index in [0.717, 1.165) is 18.4 Å². The first kappa shape index (κ1) is 15.5. The number of hydrogen-bond donors (Lipinski definition) is 2. The molecule has 120 valence electrons. The fourth-order valence-electron chi connectivity index (χ4n) is 2.63. The van der Waals surface area contributed by atoms with Gasteiger partial charge in [-0.05, 0) is 36.5 Å². The second-order valence-electron chi connectivity index (χ2n) is 6.07. The number of amides is 1. The van der Waals surface area contributed by atoms with Crippen molar-refractivity contribution in [2.24, 2.45) is 5.92 Å². The van der Waals surface area contributed by atoms with E-state index in [-0.39, 0.29) is 18.0 Å². The lowest BCUT2D eigenvalue weighted by Crippen LogP contribution is -2.37. The lowest BCUT2D eigenvalue weighted by molar-refractivity contribution is 0.0644. The van der Waals surface area contributed by atoms with E-state index in [9.17, 15) is 14.7 Å². The van der Waals surface area contributed by atoms with Crippen LogP contribution in [0.4, 0.5) is 0 Å². The molecule has 3 rings (SSSR count). The average molecular weight is 312 g/mol. The van der Waals surface area contributed by atoms with Gasteiger partial charge in [-0.25, -0.2) is 0 Å². The zero-order valence-corrected chi connectivity index (χ0v) is 13.0. The van der Waals surface area contributed by atoms with Crippen LogP contribution in [0.15, 0.2) is 47.3 Å². The highest BCUT2D eigenvalue weighted by Crippen LogP contribution is 2.32. The van der Waals surface area contributed by atoms with Crippen LogP contribution in [0.2, 0.25) is 0 Å². The van der Waals surface area contributed by atoms with Crippen LogP contribution in [0.25, 0.3) is 11.3 Å². The summed E-state index contributed by atoms with van der Waals surface area (Å²) in [5, 5.41) is 9.94. The van der Waals surface area contributed by atoms with E-state index in [4.69, 9.17) is 0 Å². The van der Waals surface area contributed by atoms with Crippen molar-refractivity contribution < 1.29 is 9.90 Å². The summed E-state index contributed by atoms with van der Waals surface area (Å²) in [6.45, 7) is 0.253. The largest absolute Gasteiger partial charge is 0.391 e. The molecule has 1 aliphatic carbocycles. The van der Waals surface area contributed by atoms with Gasteiger partial charge in [-0.3, -0.25) is 9.59 Å². The molecule has 2 aromatic rings. The number of benzene rings is 1. The first-order chi connectivity index (χ1) is 11.1. The monoisotopic (exact) mass is 312 g/mol. The molecule has 1 aliphatic rings. The van der Waals surface area contributed by atoms with E-state index >= 15 is 0 Å². The average Bonchev–Trinajstić information content (AvgIpc) is 3.40. The molecule has 1 unspecified atom stereocenters. The molecular formula is C18H20N2O3. The number of aliphatic hydroxyl groups is 1. The Morgan fingerprint density at radius 1 is 1.26 bits per heavy atom. The van der Waals surface area contributed by atoms with Gasteiger partial charge in [0.15, 0.2) is 0 Å². The second kappa shape index (κ2) is 6.38. The summed E-state index contributed by atoms with van der Waals surface area (Å²) in [5.41, 5.74) is 1.24.